The molecule has 0 atom stereocenters. The van der Waals surface area contributed by atoms with Gasteiger partial charge in [0.15, 0.2) is 0 Å². The van der Waals surface area contributed by atoms with Gasteiger partial charge in [0.1, 0.15) is 5.82 Å². The molecular formula is C17H27FN2O. The van der Waals surface area contributed by atoms with Crippen molar-refractivity contribution in [2.24, 2.45) is 5.41 Å². The molecule has 21 heavy (non-hydrogen) atoms. The van der Waals surface area contributed by atoms with Crippen molar-refractivity contribution < 1.29 is 9.13 Å². The molecule has 1 N–H and O–H groups in total. The van der Waals surface area contributed by atoms with Crippen LogP contribution in [0.2, 0.25) is 0 Å². The summed E-state index contributed by atoms with van der Waals surface area (Å²) in [4.78, 5) is 2.17. The first-order valence-corrected chi connectivity index (χ1v) is 7.75. The highest BCUT2D eigenvalue weighted by Gasteiger charge is 2.26. The third-order valence-electron chi connectivity index (χ3n) is 4.28. The van der Waals surface area contributed by atoms with E-state index < -0.39 is 0 Å². The van der Waals surface area contributed by atoms with Crippen LogP contribution in [0.25, 0.3) is 0 Å². The fourth-order valence-corrected chi connectivity index (χ4v) is 2.68. The number of benzene rings is 1. The van der Waals surface area contributed by atoms with Gasteiger partial charge in [-0.1, -0.05) is 19.9 Å². The summed E-state index contributed by atoms with van der Waals surface area (Å²) in [6.07, 6.45) is 2.24. The van der Waals surface area contributed by atoms with E-state index >= 15 is 0 Å². The zero-order chi connectivity index (χ0) is 15.3. The van der Waals surface area contributed by atoms with Gasteiger partial charge < -0.3 is 15.0 Å². The first kappa shape index (κ1) is 16.2. The maximum absolute atomic E-state index is 14.3. The monoisotopic (exact) mass is 294 g/mol. The predicted octanol–water partition coefficient (Wildman–Crippen LogP) is 3.19. The van der Waals surface area contributed by atoms with Gasteiger partial charge in [0.25, 0.3) is 0 Å². The van der Waals surface area contributed by atoms with Gasteiger partial charge in [-0.05, 0) is 36.0 Å². The Morgan fingerprint density at radius 2 is 2.00 bits per heavy atom. The van der Waals surface area contributed by atoms with Gasteiger partial charge in [0.2, 0.25) is 0 Å². The highest BCUT2D eigenvalue weighted by Crippen LogP contribution is 2.33. The smallest absolute Gasteiger partial charge is 0.146 e. The molecule has 1 aromatic rings. The Balaban J connectivity index is 1.93. The topological polar surface area (TPSA) is 24.5 Å². The maximum Gasteiger partial charge on any atom is 0.146 e. The van der Waals surface area contributed by atoms with E-state index in [9.17, 15) is 4.39 Å². The number of hydrogen-bond acceptors (Lipinski definition) is 3. The van der Waals surface area contributed by atoms with Crippen LogP contribution in [-0.4, -0.2) is 33.4 Å². The minimum absolute atomic E-state index is 0.110. The molecule has 1 heterocycles. The summed E-state index contributed by atoms with van der Waals surface area (Å²) in [5.74, 6) is -0.110. The Hall–Kier alpha value is -1.13. The second-order valence-electron chi connectivity index (χ2n) is 6.61. The molecule has 0 aliphatic carbocycles. The van der Waals surface area contributed by atoms with Crippen molar-refractivity contribution in [3.05, 3.63) is 29.6 Å². The summed E-state index contributed by atoms with van der Waals surface area (Å²) in [5, 5.41) is 3.23. The minimum Gasteiger partial charge on any atom is -0.383 e. The molecule has 0 radical (unpaired) electrons. The largest absolute Gasteiger partial charge is 0.383 e. The Morgan fingerprint density at radius 3 is 2.62 bits per heavy atom. The van der Waals surface area contributed by atoms with Crippen LogP contribution in [0.1, 0.15) is 32.3 Å². The van der Waals surface area contributed by atoms with Gasteiger partial charge in [-0.25, -0.2) is 4.39 Å². The van der Waals surface area contributed by atoms with Crippen LogP contribution < -0.4 is 10.2 Å². The van der Waals surface area contributed by atoms with E-state index in [4.69, 9.17) is 4.74 Å². The average molecular weight is 294 g/mol. The number of hydrogen-bond donors (Lipinski definition) is 1. The first-order chi connectivity index (χ1) is 10.0. The lowest BCUT2D eigenvalue weighted by Crippen LogP contribution is -2.37. The normalized spacial score (nSPS) is 18.0. The molecule has 0 unspecified atom stereocenters. The van der Waals surface area contributed by atoms with E-state index in [-0.39, 0.29) is 5.82 Å². The van der Waals surface area contributed by atoms with Gasteiger partial charge >= 0.3 is 0 Å². The summed E-state index contributed by atoms with van der Waals surface area (Å²) >= 11 is 0. The lowest BCUT2D eigenvalue weighted by atomic mass is 9.82. The Morgan fingerprint density at radius 1 is 1.29 bits per heavy atom. The zero-order valence-corrected chi connectivity index (χ0v) is 13.4. The fraction of sp³-hybridized carbons (Fsp3) is 0.647. The summed E-state index contributed by atoms with van der Waals surface area (Å²) in [7, 11) is 1.68. The Kier molecular flexibility index (Phi) is 5.59. The van der Waals surface area contributed by atoms with Crippen molar-refractivity contribution in [2.45, 2.75) is 33.2 Å². The number of rotatable bonds is 6. The van der Waals surface area contributed by atoms with E-state index in [1.54, 1.807) is 13.2 Å². The van der Waals surface area contributed by atoms with Crippen LogP contribution >= 0.6 is 0 Å². The summed E-state index contributed by atoms with van der Waals surface area (Å²) in [6, 6.07) is 5.58. The SMILES string of the molecule is COCCNCc1ccc(N2CCC(C)(C)CC2)c(F)c1. The highest BCUT2D eigenvalue weighted by molar-refractivity contribution is 5.49. The van der Waals surface area contributed by atoms with Crippen LogP contribution in [0.3, 0.4) is 0 Å². The maximum atomic E-state index is 14.3. The van der Waals surface area contributed by atoms with E-state index in [1.165, 1.54) is 0 Å². The molecule has 1 aliphatic rings. The van der Waals surface area contributed by atoms with Crippen LogP contribution in [0.15, 0.2) is 18.2 Å². The van der Waals surface area contributed by atoms with Gasteiger partial charge in [-0.3, -0.25) is 0 Å². The van der Waals surface area contributed by atoms with E-state index in [0.717, 1.165) is 43.7 Å². The molecule has 0 spiro atoms. The Labute approximate surface area is 127 Å². The van der Waals surface area contributed by atoms with E-state index in [1.807, 2.05) is 12.1 Å². The summed E-state index contributed by atoms with van der Waals surface area (Å²) in [6.45, 7) is 8.58. The molecule has 1 fully saturated rings. The van der Waals surface area contributed by atoms with Crippen molar-refractivity contribution in [1.29, 1.82) is 0 Å². The number of ether oxygens (including phenoxy) is 1. The number of piperidine rings is 1. The second kappa shape index (κ2) is 7.23. The third-order valence-corrected chi connectivity index (χ3v) is 4.28. The lowest BCUT2D eigenvalue weighted by molar-refractivity contribution is 0.199. The molecule has 118 valence electrons. The fourth-order valence-electron chi connectivity index (χ4n) is 2.68. The first-order valence-electron chi connectivity index (χ1n) is 7.75. The molecule has 0 aromatic heterocycles. The molecule has 0 amide bonds. The van der Waals surface area contributed by atoms with Crippen molar-refractivity contribution in [1.82, 2.24) is 5.32 Å². The highest BCUT2D eigenvalue weighted by atomic mass is 19.1. The van der Waals surface area contributed by atoms with E-state index in [0.29, 0.717) is 18.6 Å². The van der Waals surface area contributed by atoms with Crippen LogP contribution in [-0.2, 0) is 11.3 Å². The van der Waals surface area contributed by atoms with Crippen LogP contribution in [0.5, 0.6) is 0 Å². The zero-order valence-electron chi connectivity index (χ0n) is 13.4. The number of halogens is 1. The molecule has 3 nitrogen and oxygen atoms in total. The van der Waals surface area contributed by atoms with Gasteiger partial charge in [-0.15, -0.1) is 0 Å². The lowest BCUT2D eigenvalue weighted by Gasteiger charge is -2.38. The molecular weight excluding hydrogens is 267 g/mol. The van der Waals surface area contributed by atoms with Gasteiger partial charge in [-0.2, -0.15) is 0 Å². The van der Waals surface area contributed by atoms with Crippen molar-refractivity contribution in [3.63, 3.8) is 0 Å². The molecule has 0 bridgehead atoms. The van der Waals surface area contributed by atoms with Crippen molar-refractivity contribution >= 4 is 5.69 Å². The standard InChI is InChI=1S/C17H27FN2O/c1-17(2)6-9-20(10-7-17)16-5-4-14(12-15(16)18)13-19-8-11-21-3/h4-5,12,19H,6-11,13H2,1-3H3. The molecule has 1 aromatic carbocycles. The summed E-state index contributed by atoms with van der Waals surface area (Å²) < 4.78 is 19.3. The van der Waals surface area contributed by atoms with Crippen molar-refractivity contribution in [3.8, 4) is 0 Å². The third kappa shape index (κ3) is 4.68. The molecule has 1 saturated heterocycles. The number of anilines is 1. The minimum atomic E-state index is -0.110. The van der Waals surface area contributed by atoms with E-state index in [2.05, 4.69) is 24.1 Å². The van der Waals surface area contributed by atoms with Gasteiger partial charge in [0.05, 0.1) is 12.3 Å². The summed E-state index contributed by atoms with van der Waals surface area (Å²) in [5.41, 5.74) is 2.11. The van der Waals surface area contributed by atoms with Crippen LogP contribution in [0.4, 0.5) is 10.1 Å². The number of nitrogens with one attached hydrogen (secondary N) is 1. The Bertz CT molecular complexity index is 452. The van der Waals surface area contributed by atoms with Gasteiger partial charge in [0, 0.05) is 33.3 Å². The molecule has 0 saturated carbocycles. The number of nitrogens with zero attached hydrogens (tertiary/aromatic N) is 1. The molecule has 4 heteroatoms. The molecule has 2 rings (SSSR count). The molecule has 1 aliphatic heterocycles. The van der Waals surface area contributed by atoms with Crippen LogP contribution in [0, 0.1) is 11.2 Å². The average Bonchev–Trinajstić information content (AvgIpc) is 2.44. The van der Waals surface area contributed by atoms with Crippen molar-refractivity contribution in [2.75, 3.05) is 38.3 Å². The quantitative estimate of drug-likeness (QED) is 0.816. The predicted molar refractivity (Wildman–Crippen MR) is 85.2 cm³/mol. The number of methoxy groups -OCH3 is 1. The second-order valence-corrected chi connectivity index (χ2v) is 6.61.